The Morgan fingerprint density at radius 2 is 1.62 bits per heavy atom. The molecule has 1 fully saturated rings. The lowest BCUT2D eigenvalue weighted by atomic mass is 10.0. The lowest BCUT2D eigenvalue weighted by Gasteiger charge is -2.29. The van der Waals surface area contributed by atoms with Gasteiger partial charge in [-0.1, -0.05) is 37.3 Å². The standard InChI is InChI=1S/C25H36N4O2.HI/c1-19(22-9-5-6-10-24(22)31-4)17-27-25(26-2)28-18-23(29-15-7-8-16-29)20-11-13-21(30-3)14-12-20;/h5-6,9-14,19,23H,7-8,15-18H2,1-4H3,(H2,26,27,28);1H. The van der Waals surface area contributed by atoms with E-state index in [0.717, 1.165) is 43.6 Å². The number of methoxy groups -OCH3 is 2. The first kappa shape index (κ1) is 26.3. The zero-order valence-electron chi connectivity index (χ0n) is 19.6. The molecule has 0 spiro atoms. The molecule has 32 heavy (non-hydrogen) atoms. The van der Waals surface area contributed by atoms with Crippen LogP contribution in [-0.4, -0.2) is 58.3 Å². The Bertz CT molecular complexity index is 838. The van der Waals surface area contributed by atoms with Crippen LogP contribution in [0.4, 0.5) is 0 Å². The van der Waals surface area contributed by atoms with E-state index >= 15 is 0 Å². The second-order valence-electron chi connectivity index (χ2n) is 8.01. The van der Waals surface area contributed by atoms with Gasteiger partial charge in [0.2, 0.25) is 0 Å². The van der Waals surface area contributed by atoms with Crippen LogP contribution >= 0.6 is 24.0 Å². The Labute approximate surface area is 209 Å². The van der Waals surface area contributed by atoms with Crippen molar-refractivity contribution in [2.24, 2.45) is 4.99 Å². The van der Waals surface area contributed by atoms with Gasteiger partial charge in [0, 0.05) is 26.1 Å². The second-order valence-corrected chi connectivity index (χ2v) is 8.01. The summed E-state index contributed by atoms with van der Waals surface area (Å²) in [6.07, 6.45) is 2.52. The van der Waals surface area contributed by atoms with Crippen LogP contribution in [0, 0.1) is 0 Å². The van der Waals surface area contributed by atoms with E-state index < -0.39 is 0 Å². The Kier molecular flexibility index (Phi) is 11.1. The maximum absolute atomic E-state index is 5.51. The van der Waals surface area contributed by atoms with E-state index in [0.29, 0.717) is 12.0 Å². The van der Waals surface area contributed by atoms with Gasteiger partial charge in [-0.3, -0.25) is 9.89 Å². The molecule has 2 atom stereocenters. The SMILES string of the molecule is CN=C(NCC(C)c1ccccc1OC)NCC(c1ccc(OC)cc1)N1CCCC1.I. The highest BCUT2D eigenvalue weighted by Gasteiger charge is 2.24. The van der Waals surface area contributed by atoms with Gasteiger partial charge in [-0.05, 0) is 55.3 Å². The van der Waals surface area contributed by atoms with E-state index in [1.165, 1.54) is 24.0 Å². The average Bonchev–Trinajstić information content (AvgIpc) is 3.36. The molecule has 0 bridgehead atoms. The molecule has 1 aliphatic heterocycles. The molecule has 6 nitrogen and oxygen atoms in total. The molecule has 0 saturated carbocycles. The number of hydrogen-bond acceptors (Lipinski definition) is 4. The van der Waals surface area contributed by atoms with E-state index in [2.05, 4.69) is 51.7 Å². The van der Waals surface area contributed by atoms with Crippen LogP contribution in [0.25, 0.3) is 0 Å². The van der Waals surface area contributed by atoms with Crippen molar-refractivity contribution in [3.8, 4) is 11.5 Å². The van der Waals surface area contributed by atoms with Crippen LogP contribution in [-0.2, 0) is 0 Å². The minimum absolute atomic E-state index is 0. The molecule has 2 aromatic carbocycles. The predicted octanol–water partition coefficient (Wildman–Crippen LogP) is 4.43. The Morgan fingerprint density at radius 1 is 0.969 bits per heavy atom. The van der Waals surface area contributed by atoms with Crippen LogP contribution in [0.5, 0.6) is 11.5 Å². The summed E-state index contributed by atoms with van der Waals surface area (Å²) < 4.78 is 10.8. The highest BCUT2D eigenvalue weighted by Crippen LogP contribution is 2.27. The average molecular weight is 553 g/mol. The highest BCUT2D eigenvalue weighted by atomic mass is 127. The molecule has 176 valence electrons. The first-order valence-corrected chi connectivity index (χ1v) is 11.1. The molecule has 2 aromatic rings. The maximum atomic E-state index is 5.51. The monoisotopic (exact) mass is 552 g/mol. The van der Waals surface area contributed by atoms with E-state index in [4.69, 9.17) is 9.47 Å². The summed E-state index contributed by atoms with van der Waals surface area (Å²) >= 11 is 0. The summed E-state index contributed by atoms with van der Waals surface area (Å²) in [7, 11) is 5.24. The number of ether oxygens (including phenoxy) is 2. The molecular formula is C25H37IN4O2. The number of nitrogens with zero attached hydrogens (tertiary/aromatic N) is 2. The Morgan fingerprint density at radius 3 is 2.25 bits per heavy atom. The molecule has 1 heterocycles. The van der Waals surface area contributed by atoms with Gasteiger partial charge in [0.25, 0.3) is 0 Å². The molecule has 1 saturated heterocycles. The van der Waals surface area contributed by atoms with Gasteiger partial charge in [-0.15, -0.1) is 24.0 Å². The van der Waals surface area contributed by atoms with Gasteiger partial charge in [0.15, 0.2) is 5.96 Å². The molecule has 1 aliphatic rings. The largest absolute Gasteiger partial charge is 0.497 e. The van der Waals surface area contributed by atoms with Crippen molar-refractivity contribution in [2.45, 2.75) is 31.7 Å². The van der Waals surface area contributed by atoms with Crippen molar-refractivity contribution in [3.05, 3.63) is 59.7 Å². The number of benzene rings is 2. The van der Waals surface area contributed by atoms with E-state index in [1.54, 1.807) is 14.2 Å². The van der Waals surface area contributed by atoms with Crippen LogP contribution in [0.2, 0.25) is 0 Å². The van der Waals surface area contributed by atoms with Crippen molar-refractivity contribution in [2.75, 3.05) is 47.4 Å². The normalized spacial score (nSPS) is 16.1. The summed E-state index contributed by atoms with van der Waals surface area (Å²) in [5, 5.41) is 7.02. The van der Waals surface area contributed by atoms with Gasteiger partial charge < -0.3 is 20.1 Å². The van der Waals surface area contributed by atoms with Crippen molar-refractivity contribution >= 4 is 29.9 Å². The molecule has 2 unspecified atom stereocenters. The molecule has 0 aliphatic carbocycles. The van der Waals surface area contributed by atoms with E-state index in [-0.39, 0.29) is 24.0 Å². The summed E-state index contributed by atoms with van der Waals surface area (Å²) in [6.45, 7) is 6.04. The smallest absolute Gasteiger partial charge is 0.191 e. The van der Waals surface area contributed by atoms with Gasteiger partial charge in [0.1, 0.15) is 11.5 Å². The summed E-state index contributed by atoms with van der Waals surface area (Å²) in [6, 6.07) is 16.9. The van der Waals surface area contributed by atoms with Gasteiger partial charge in [-0.25, -0.2) is 0 Å². The third kappa shape index (κ3) is 7.00. The van der Waals surface area contributed by atoms with Gasteiger partial charge in [-0.2, -0.15) is 0 Å². The summed E-state index contributed by atoms with van der Waals surface area (Å²) in [5.41, 5.74) is 2.49. The van der Waals surface area contributed by atoms with Crippen LogP contribution in [0.1, 0.15) is 42.9 Å². The molecule has 2 N–H and O–H groups in total. The lowest BCUT2D eigenvalue weighted by Crippen LogP contribution is -2.43. The predicted molar refractivity (Wildman–Crippen MR) is 143 cm³/mol. The second kappa shape index (κ2) is 13.5. The fourth-order valence-electron chi connectivity index (χ4n) is 4.18. The Balaban J connectivity index is 0.00000363. The zero-order valence-corrected chi connectivity index (χ0v) is 22.0. The number of halogens is 1. The number of rotatable bonds is 9. The van der Waals surface area contributed by atoms with E-state index in [1.807, 2.05) is 31.3 Å². The highest BCUT2D eigenvalue weighted by molar-refractivity contribution is 14.0. The number of para-hydroxylation sites is 1. The molecular weight excluding hydrogens is 515 g/mol. The quantitative estimate of drug-likeness (QED) is 0.274. The van der Waals surface area contributed by atoms with Crippen LogP contribution in [0.3, 0.4) is 0 Å². The zero-order chi connectivity index (χ0) is 22.1. The van der Waals surface area contributed by atoms with E-state index in [9.17, 15) is 0 Å². The fraction of sp³-hybridized carbons (Fsp3) is 0.480. The number of nitrogens with one attached hydrogen (secondary N) is 2. The fourth-order valence-corrected chi connectivity index (χ4v) is 4.18. The number of hydrogen-bond donors (Lipinski definition) is 2. The minimum atomic E-state index is 0. The number of likely N-dealkylation sites (tertiary alicyclic amines) is 1. The molecule has 7 heteroatoms. The molecule has 0 amide bonds. The minimum Gasteiger partial charge on any atom is -0.497 e. The van der Waals surface area contributed by atoms with Gasteiger partial charge >= 0.3 is 0 Å². The summed E-state index contributed by atoms with van der Waals surface area (Å²) in [5.74, 6) is 2.93. The summed E-state index contributed by atoms with van der Waals surface area (Å²) in [4.78, 5) is 7.00. The third-order valence-electron chi connectivity index (χ3n) is 6.01. The van der Waals surface area contributed by atoms with Crippen LogP contribution < -0.4 is 20.1 Å². The van der Waals surface area contributed by atoms with Crippen molar-refractivity contribution in [1.29, 1.82) is 0 Å². The van der Waals surface area contributed by atoms with Crippen molar-refractivity contribution in [3.63, 3.8) is 0 Å². The number of guanidine groups is 1. The molecule has 3 rings (SSSR count). The topological polar surface area (TPSA) is 58.1 Å². The number of aliphatic imine (C=N–C) groups is 1. The third-order valence-corrected chi connectivity index (χ3v) is 6.01. The van der Waals surface area contributed by atoms with Crippen molar-refractivity contribution in [1.82, 2.24) is 15.5 Å². The van der Waals surface area contributed by atoms with Gasteiger partial charge in [0.05, 0.1) is 20.3 Å². The Hall–Kier alpha value is -2.00. The first-order chi connectivity index (χ1) is 15.2. The molecule has 0 aromatic heterocycles. The first-order valence-electron chi connectivity index (χ1n) is 11.1. The van der Waals surface area contributed by atoms with Crippen molar-refractivity contribution < 1.29 is 9.47 Å². The molecule has 0 radical (unpaired) electrons. The van der Waals surface area contributed by atoms with Crippen LogP contribution in [0.15, 0.2) is 53.5 Å². The lowest BCUT2D eigenvalue weighted by molar-refractivity contribution is 0.245. The maximum Gasteiger partial charge on any atom is 0.191 e.